The minimum absolute atomic E-state index is 0.0602. The second kappa shape index (κ2) is 13.8. The highest BCUT2D eigenvalue weighted by molar-refractivity contribution is 5.82. The van der Waals surface area contributed by atoms with Gasteiger partial charge < -0.3 is 14.8 Å². The Kier molecular flexibility index (Phi) is 14.2. The van der Waals surface area contributed by atoms with E-state index in [0.29, 0.717) is 19.4 Å². The van der Waals surface area contributed by atoms with Crippen molar-refractivity contribution in [1.29, 1.82) is 0 Å². The first-order chi connectivity index (χ1) is 12.0. The van der Waals surface area contributed by atoms with E-state index >= 15 is 0 Å². The summed E-state index contributed by atoms with van der Waals surface area (Å²) >= 11 is 0. The Bertz CT molecular complexity index is 428. The summed E-state index contributed by atoms with van der Waals surface area (Å²) in [6.07, 6.45) is 4.86. The van der Waals surface area contributed by atoms with Gasteiger partial charge in [0.2, 0.25) is 0 Å². The number of nitrogens with one attached hydrogen (secondary N) is 1. The van der Waals surface area contributed by atoms with Crippen molar-refractivity contribution in [3.63, 3.8) is 0 Å². The molecule has 1 amide bonds. The molecule has 0 saturated heterocycles. The standard InChI is InChI=1S/C19H35NO4.C2H6/c1-7-18(3,4)14-19(5,6)17(23)24-13-16(22)20-12-10-8-9-11-15(2)21;1-2/h7-14H2,1-6H3,(H,20,22);1-2H3. The molecular weight excluding hydrogens is 330 g/mol. The zero-order valence-corrected chi connectivity index (χ0v) is 18.3. The molecule has 5 heteroatoms. The lowest BCUT2D eigenvalue weighted by atomic mass is 9.74. The van der Waals surface area contributed by atoms with Crippen molar-refractivity contribution in [3.05, 3.63) is 0 Å². The molecule has 0 rings (SSSR count). The van der Waals surface area contributed by atoms with Crippen molar-refractivity contribution < 1.29 is 19.1 Å². The Labute approximate surface area is 160 Å². The van der Waals surface area contributed by atoms with E-state index in [-0.39, 0.29) is 29.7 Å². The molecule has 0 aromatic carbocycles. The van der Waals surface area contributed by atoms with Crippen LogP contribution in [0.3, 0.4) is 0 Å². The molecule has 0 aliphatic rings. The van der Waals surface area contributed by atoms with Crippen LogP contribution in [-0.4, -0.2) is 30.8 Å². The summed E-state index contributed by atoms with van der Waals surface area (Å²) < 4.78 is 5.17. The van der Waals surface area contributed by atoms with Gasteiger partial charge in [0, 0.05) is 13.0 Å². The summed E-state index contributed by atoms with van der Waals surface area (Å²) in [5.41, 5.74) is -0.545. The molecular formula is C21H41NO4. The third kappa shape index (κ3) is 13.9. The topological polar surface area (TPSA) is 72.5 Å². The predicted octanol–water partition coefficient (Wildman–Crippen LogP) is 4.67. The van der Waals surface area contributed by atoms with E-state index in [2.05, 4.69) is 26.1 Å². The summed E-state index contributed by atoms with van der Waals surface area (Å²) in [6, 6.07) is 0. The Hall–Kier alpha value is -1.39. The van der Waals surface area contributed by atoms with Gasteiger partial charge in [0.15, 0.2) is 6.61 Å². The second-order valence-electron chi connectivity index (χ2n) is 8.02. The molecule has 0 saturated carbocycles. The van der Waals surface area contributed by atoms with Crippen LogP contribution in [0.4, 0.5) is 0 Å². The monoisotopic (exact) mass is 371 g/mol. The van der Waals surface area contributed by atoms with Crippen molar-refractivity contribution in [2.24, 2.45) is 10.8 Å². The lowest BCUT2D eigenvalue weighted by Gasteiger charge is -2.32. The average Bonchev–Trinajstić information content (AvgIpc) is 2.56. The van der Waals surface area contributed by atoms with Crippen LogP contribution in [0.5, 0.6) is 0 Å². The molecule has 26 heavy (non-hydrogen) atoms. The number of ether oxygens (including phenoxy) is 1. The highest BCUT2D eigenvalue weighted by atomic mass is 16.5. The van der Waals surface area contributed by atoms with Gasteiger partial charge in [0.05, 0.1) is 5.41 Å². The Morgan fingerprint density at radius 2 is 1.54 bits per heavy atom. The SMILES string of the molecule is CC.CCC(C)(C)CC(C)(C)C(=O)OCC(=O)NCCCCCC(C)=O. The van der Waals surface area contributed by atoms with Gasteiger partial charge in [0.25, 0.3) is 5.91 Å². The summed E-state index contributed by atoms with van der Waals surface area (Å²) in [5, 5.41) is 2.74. The Morgan fingerprint density at radius 1 is 0.962 bits per heavy atom. The summed E-state index contributed by atoms with van der Waals surface area (Å²) in [5.74, 6) is -0.416. The molecule has 0 aromatic rings. The molecule has 0 unspecified atom stereocenters. The third-order valence-electron chi connectivity index (χ3n) is 4.29. The summed E-state index contributed by atoms with van der Waals surface area (Å²) in [4.78, 5) is 34.7. The van der Waals surface area contributed by atoms with Crippen LogP contribution in [0.25, 0.3) is 0 Å². The summed E-state index contributed by atoms with van der Waals surface area (Å²) in [7, 11) is 0. The van der Waals surface area contributed by atoms with Gasteiger partial charge in [-0.2, -0.15) is 0 Å². The number of hydrogen-bond acceptors (Lipinski definition) is 4. The van der Waals surface area contributed by atoms with Crippen LogP contribution >= 0.6 is 0 Å². The largest absolute Gasteiger partial charge is 0.455 e. The fourth-order valence-electron chi connectivity index (χ4n) is 2.67. The van der Waals surface area contributed by atoms with Crippen molar-refractivity contribution in [1.82, 2.24) is 5.32 Å². The van der Waals surface area contributed by atoms with E-state index in [4.69, 9.17) is 4.74 Å². The van der Waals surface area contributed by atoms with Crippen LogP contribution < -0.4 is 5.32 Å². The molecule has 0 aliphatic heterocycles. The van der Waals surface area contributed by atoms with E-state index < -0.39 is 5.41 Å². The fraction of sp³-hybridized carbons (Fsp3) is 0.857. The van der Waals surface area contributed by atoms with Gasteiger partial charge in [0.1, 0.15) is 5.78 Å². The maximum absolute atomic E-state index is 12.2. The van der Waals surface area contributed by atoms with Crippen LogP contribution in [-0.2, 0) is 19.1 Å². The van der Waals surface area contributed by atoms with Crippen LogP contribution in [0.1, 0.15) is 93.9 Å². The van der Waals surface area contributed by atoms with Gasteiger partial charge in [-0.3, -0.25) is 9.59 Å². The number of unbranched alkanes of at least 4 members (excludes halogenated alkanes) is 2. The first-order valence-corrected chi connectivity index (χ1v) is 9.93. The van der Waals surface area contributed by atoms with E-state index in [1.165, 1.54) is 0 Å². The second-order valence-corrected chi connectivity index (χ2v) is 8.02. The van der Waals surface area contributed by atoms with Crippen LogP contribution in [0, 0.1) is 10.8 Å². The quantitative estimate of drug-likeness (QED) is 0.399. The highest BCUT2D eigenvalue weighted by Gasteiger charge is 2.35. The number of amides is 1. The van der Waals surface area contributed by atoms with Gasteiger partial charge >= 0.3 is 5.97 Å². The first kappa shape index (κ1) is 26.8. The molecule has 0 radical (unpaired) electrons. The van der Waals surface area contributed by atoms with Gasteiger partial charge in [-0.1, -0.05) is 47.5 Å². The zero-order chi connectivity index (χ0) is 20.8. The Balaban J connectivity index is 0. The maximum atomic E-state index is 12.2. The molecule has 0 spiro atoms. The molecule has 5 nitrogen and oxygen atoms in total. The number of esters is 1. The predicted molar refractivity (Wildman–Crippen MR) is 107 cm³/mol. The number of carbonyl (C=O) groups excluding carboxylic acids is 3. The van der Waals surface area contributed by atoms with E-state index in [0.717, 1.165) is 25.7 Å². The minimum Gasteiger partial charge on any atom is -0.455 e. The van der Waals surface area contributed by atoms with Crippen LogP contribution in [0.2, 0.25) is 0 Å². The third-order valence-corrected chi connectivity index (χ3v) is 4.29. The van der Waals surface area contributed by atoms with Gasteiger partial charge in [-0.05, 0) is 45.4 Å². The normalized spacial score (nSPS) is 11.2. The minimum atomic E-state index is -0.605. The van der Waals surface area contributed by atoms with Gasteiger partial charge in [-0.25, -0.2) is 0 Å². The number of rotatable bonds is 12. The smallest absolute Gasteiger partial charge is 0.312 e. The zero-order valence-electron chi connectivity index (χ0n) is 18.3. The lowest BCUT2D eigenvalue weighted by molar-refractivity contribution is -0.158. The van der Waals surface area contributed by atoms with Crippen molar-refractivity contribution >= 4 is 17.7 Å². The lowest BCUT2D eigenvalue weighted by Crippen LogP contribution is -2.35. The molecule has 0 atom stereocenters. The first-order valence-electron chi connectivity index (χ1n) is 9.93. The number of Topliss-reactive ketones (excluding diaryl/α,β-unsaturated/α-hetero) is 1. The van der Waals surface area contributed by atoms with Crippen molar-refractivity contribution in [2.45, 2.75) is 93.9 Å². The van der Waals surface area contributed by atoms with Crippen molar-refractivity contribution in [3.8, 4) is 0 Å². The van der Waals surface area contributed by atoms with E-state index in [1.54, 1.807) is 6.92 Å². The molecule has 0 fully saturated rings. The van der Waals surface area contributed by atoms with E-state index in [1.807, 2.05) is 27.7 Å². The number of hydrogen-bond donors (Lipinski definition) is 1. The molecule has 154 valence electrons. The van der Waals surface area contributed by atoms with Crippen molar-refractivity contribution in [2.75, 3.05) is 13.2 Å². The van der Waals surface area contributed by atoms with E-state index in [9.17, 15) is 14.4 Å². The number of ketones is 1. The molecule has 0 aromatic heterocycles. The average molecular weight is 372 g/mol. The number of carbonyl (C=O) groups is 3. The molecule has 0 heterocycles. The fourth-order valence-corrected chi connectivity index (χ4v) is 2.67. The highest BCUT2D eigenvalue weighted by Crippen LogP contribution is 2.36. The molecule has 0 bridgehead atoms. The molecule has 0 aliphatic carbocycles. The molecule has 1 N–H and O–H groups in total. The van der Waals surface area contributed by atoms with Gasteiger partial charge in [-0.15, -0.1) is 0 Å². The Morgan fingerprint density at radius 3 is 2.04 bits per heavy atom. The van der Waals surface area contributed by atoms with Crippen LogP contribution in [0.15, 0.2) is 0 Å². The summed E-state index contributed by atoms with van der Waals surface area (Å²) in [6.45, 7) is 16.0. The maximum Gasteiger partial charge on any atom is 0.312 e.